The number of rotatable bonds is 3. The Morgan fingerprint density at radius 2 is 1.79 bits per heavy atom. The predicted molar refractivity (Wildman–Crippen MR) is 132 cm³/mol. The van der Waals surface area contributed by atoms with Crippen LogP contribution < -0.4 is 5.32 Å². The van der Waals surface area contributed by atoms with E-state index in [1.807, 2.05) is 6.08 Å². The van der Waals surface area contributed by atoms with Gasteiger partial charge in [0.25, 0.3) is 0 Å². The average molecular weight is 477 g/mol. The molecule has 0 bridgehead atoms. The Kier molecular flexibility index (Phi) is 7.13. The van der Waals surface area contributed by atoms with E-state index >= 15 is 0 Å². The topological polar surface area (TPSA) is 67.8 Å². The number of nitrogens with one attached hydrogen (secondary N) is 1. The first-order chi connectivity index (χ1) is 15.3. The Hall–Kier alpha value is -1.20. The van der Waals surface area contributed by atoms with Gasteiger partial charge in [-0.25, -0.2) is 4.79 Å². The summed E-state index contributed by atoms with van der Waals surface area (Å²) in [5.74, 6) is 2.76. The Balaban J connectivity index is 0.00000259. The molecule has 0 aromatic rings. The maximum absolute atomic E-state index is 12.5. The molecule has 6 atom stereocenters. The van der Waals surface area contributed by atoms with Crippen LogP contribution in [-0.4, -0.2) is 30.6 Å². The highest BCUT2D eigenvalue weighted by Gasteiger charge is 2.59. The molecule has 0 radical (unpaired) electrons. The summed E-state index contributed by atoms with van der Waals surface area (Å²) in [5.41, 5.74) is 2.93. The molecule has 0 amide bonds. The number of oxime groups is 1. The van der Waals surface area contributed by atoms with Gasteiger partial charge in [0, 0.05) is 12.3 Å². The van der Waals surface area contributed by atoms with Crippen LogP contribution in [0.3, 0.4) is 0 Å². The number of allylic oxidation sites excluding steroid dienone is 1. The SMILES string of the molecule is CC(=NOC(=O)C1CCNCC1)[C@H]1CC[C@H]2[C@@H]3CCC4=CC(=O)CC[C@]4(C)[C@H]3CC[C@]12C.Cl. The van der Waals surface area contributed by atoms with Crippen LogP contribution in [0.5, 0.6) is 0 Å². The third-order valence-corrected chi connectivity index (χ3v) is 10.4. The lowest BCUT2D eigenvalue weighted by Gasteiger charge is -2.58. The Labute approximate surface area is 204 Å². The number of halogens is 1. The molecule has 3 saturated carbocycles. The van der Waals surface area contributed by atoms with Gasteiger partial charge in [-0.2, -0.15) is 0 Å². The summed E-state index contributed by atoms with van der Waals surface area (Å²) >= 11 is 0. The molecule has 1 heterocycles. The van der Waals surface area contributed by atoms with Gasteiger partial charge in [-0.3, -0.25) is 4.79 Å². The Bertz CT molecular complexity index is 848. The van der Waals surface area contributed by atoms with E-state index in [4.69, 9.17) is 4.84 Å². The van der Waals surface area contributed by atoms with E-state index in [2.05, 4.69) is 31.2 Å². The number of fused-ring (bicyclic) bond motifs is 5. The summed E-state index contributed by atoms with van der Waals surface area (Å²) in [6.07, 6.45) is 12.7. The minimum atomic E-state index is -0.152. The van der Waals surface area contributed by atoms with Crippen molar-refractivity contribution >= 4 is 29.9 Å². The summed E-state index contributed by atoms with van der Waals surface area (Å²) < 4.78 is 0. The van der Waals surface area contributed by atoms with Gasteiger partial charge in [0.1, 0.15) is 0 Å². The number of nitrogens with zero attached hydrogens (tertiary/aromatic N) is 1. The van der Waals surface area contributed by atoms with Crippen LogP contribution in [0.4, 0.5) is 0 Å². The van der Waals surface area contributed by atoms with Gasteiger partial charge in [0.05, 0.1) is 11.6 Å². The highest BCUT2D eigenvalue weighted by Crippen LogP contribution is 2.66. The number of hydrogen-bond donors (Lipinski definition) is 1. The molecule has 1 saturated heterocycles. The molecule has 184 valence electrons. The van der Waals surface area contributed by atoms with Gasteiger partial charge in [-0.05, 0) is 112 Å². The van der Waals surface area contributed by atoms with E-state index in [-0.39, 0.29) is 35.1 Å². The third-order valence-electron chi connectivity index (χ3n) is 10.4. The predicted octanol–water partition coefficient (Wildman–Crippen LogP) is 5.48. The number of carbonyl (C=O) groups excluding carboxylic acids is 2. The second-order valence-corrected chi connectivity index (χ2v) is 11.8. The summed E-state index contributed by atoms with van der Waals surface area (Å²) in [5, 5.41) is 7.71. The normalized spacial score (nSPS) is 41.2. The summed E-state index contributed by atoms with van der Waals surface area (Å²) in [6, 6.07) is 0. The molecule has 0 spiro atoms. The summed E-state index contributed by atoms with van der Waals surface area (Å²) in [4.78, 5) is 30.0. The molecule has 6 heteroatoms. The van der Waals surface area contributed by atoms with Crippen molar-refractivity contribution in [3.05, 3.63) is 11.6 Å². The van der Waals surface area contributed by atoms with E-state index in [0.29, 0.717) is 23.5 Å². The smallest absolute Gasteiger partial charge is 0.318 e. The van der Waals surface area contributed by atoms with Crippen molar-refractivity contribution in [1.29, 1.82) is 0 Å². The highest BCUT2D eigenvalue weighted by atomic mass is 35.5. The first-order valence-electron chi connectivity index (χ1n) is 13.0. The fraction of sp³-hybridized carbons (Fsp3) is 0.815. The van der Waals surface area contributed by atoms with Crippen LogP contribution in [0.15, 0.2) is 16.8 Å². The van der Waals surface area contributed by atoms with Crippen molar-refractivity contribution < 1.29 is 14.4 Å². The molecule has 4 fully saturated rings. The number of piperidine rings is 1. The number of hydrogen-bond acceptors (Lipinski definition) is 5. The maximum atomic E-state index is 12.5. The summed E-state index contributed by atoms with van der Waals surface area (Å²) in [6.45, 7) is 8.78. The van der Waals surface area contributed by atoms with Crippen molar-refractivity contribution in [3.8, 4) is 0 Å². The van der Waals surface area contributed by atoms with Crippen LogP contribution >= 0.6 is 12.4 Å². The molecule has 5 aliphatic rings. The fourth-order valence-corrected chi connectivity index (χ4v) is 8.56. The minimum Gasteiger partial charge on any atom is -0.318 e. The van der Waals surface area contributed by atoms with Gasteiger partial charge in [0.2, 0.25) is 0 Å². The second-order valence-electron chi connectivity index (χ2n) is 11.8. The van der Waals surface area contributed by atoms with E-state index in [9.17, 15) is 9.59 Å². The number of carbonyl (C=O) groups is 2. The van der Waals surface area contributed by atoms with Crippen molar-refractivity contribution in [2.24, 2.45) is 45.6 Å². The standard InChI is InChI=1S/C27H40N2O3.ClH/c1-17(29-32-25(31)18-10-14-28-15-11-18)22-6-7-23-21-5-4-19-16-20(30)8-12-26(19,2)24(21)9-13-27(22,23)3;/h16,18,21-24,28H,4-15H2,1-3H3;1H/t21-,22+,23-,24-,26-,27+;/m0./s1. The molecule has 0 aromatic heterocycles. The lowest BCUT2D eigenvalue weighted by atomic mass is 9.46. The molecular weight excluding hydrogens is 436 g/mol. The van der Waals surface area contributed by atoms with Crippen molar-refractivity contribution in [2.45, 2.75) is 85.0 Å². The highest BCUT2D eigenvalue weighted by molar-refractivity contribution is 5.91. The molecule has 33 heavy (non-hydrogen) atoms. The van der Waals surface area contributed by atoms with Gasteiger partial charge < -0.3 is 10.2 Å². The van der Waals surface area contributed by atoms with Crippen molar-refractivity contribution in [2.75, 3.05) is 13.1 Å². The zero-order valence-corrected chi connectivity index (χ0v) is 21.3. The molecule has 5 rings (SSSR count). The van der Waals surface area contributed by atoms with Gasteiger partial charge >= 0.3 is 5.97 Å². The van der Waals surface area contributed by atoms with Gasteiger partial charge in [-0.1, -0.05) is 24.6 Å². The van der Waals surface area contributed by atoms with Crippen molar-refractivity contribution in [1.82, 2.24) is 5.32 Å². The average Bonchev–Trinajstić information content (AvgIpc) is 3.15. The van der Waals surface area contributed by atoms with Crippen molar-refractivity contribution in [3.63, 3.8) is 0 Å². The zero-order valence-electron chi connectivity index (χ0n) is 20.5. The first kappa shape index (κ1) is 24.9. The van der Waals surface area contributed by atoms with Gasteiger partial charge in [-0.15, -0.1) is 12.4 Å². The molecule has 0 unspecified atom stereocenters. The van der Waals surface area contributed by atoms with E-state index in [1.54, 1.807) is 0 Å². The van der Waals surface area contributed by atoms with E-state index in [0.717, 1.165) is 63.2 Å². The Morgan fingerprint density at radius 3 is 2.55 bits per heavy atom. The van der Waals surface area contributed by atoms with Crippen LogP contribution in [0.25, 0.3) is 0 Å². The largest absolute Gasteiger partial charge is 0.338 e. The minimum absolute atomic E-state index is 0. The van der Waals surface area contributed by atoms with Crippen LogP contribution in [0.1, 0.15) is 85.0 Å². The summed E-state index contributed by atoms with van der Waals surface area (Å²) in [7, 11) is 0. The number of ketones is 1. The van der Waals surface area contributed by atoms with Crippen LogP contribution in [0, 0.1) is 40.4 Å². The maximum Gasteiger partial charge on any atom is 0.338 e. The molecule has 1 aliphatic heterocycles. The zero-order chi connectivity index (χ0) is 22.5. The third kappa shape index (κ3) is 4.22. The van der Waals surface area contributed by atoms with E-state index in [1.165, 1.54) is 31.3 Å². The monoisotopic (exact) mass is 476 g/mol. The molecule has 5 nitrogen and oxygen atoms in total. The lowest BCUT2D eigenvalue weighted by molar-refractivity contribution is -0.149. The molecule has 1 N–H and O–H groups in total. The fourth-order valence-electron chi connectivity index (χ4n) is 8.56. The quantitative estimate of drug-likeness (QED) is 0.333. The van der Waals surface area contributed by atoms with Crippen LogP contribution in [-0.2, 0) is 14.4 Å². The van der Waals surface area contributed by atoms with E-state index < -0.39 is 0 Å². The second kappa shape index (κ2) is 9.45. The molecule has 4 aliphatic carbocycles. The Morgan fingerprint density at radius 1 is 1.03 bits per heavy atom. The first-order valence-corrected chi connectivity index (χ1v) is 13.0. The molecular formula is C27H41ClN2O3. The molecule has 0 aromatic carbocycles. The van der Waals surface area contributed by atoms with Gasteiger partial charge in [0.15, 0.2) is 5.78 Å². The van der Waals surface area contributed by atoms with Crippen LogP contribution in [0.2, 0.25) is 0 Å². The lowest BCUT2D eigenvalue weighted by Crippen LogP contribution is -2.51.